The Bertz CT molecular complexity index is 381. The first kappa shape index (κ1) is 12.9. The lowest BCUT2D eigenvalue weighted by Gasteiger charge is -2.10. The van der Waals surface area contributed by atoms with E-state index in [-0.39, 0.29) is 23.6 Å². The van der Waals surface area contributed by atoms with Gasteiger partial charge in [0.2, 0.25) is 0 Å². The summed E-state index contributed by atoms with van der Waals surface area (Å²) in [6.45, 7) is 1.81. The summed E-state index contributed by atoms with van der Waals surface area (Å²) in [5.74, 6) is -1.30. The molecule has 0 spiro atoms. The van der Waals surface area contributed by atoms with Crippen molar-refractivity contribution in [2.75, 3.05) is 6.61 Å². The normalized spacial score (nSPS) is 12.2. The van der Waals surface area contributed by atoms with E-state index < -0.39 is 17.9 Å². The van der Waals surface area contributed by atoms with Gasteiger partial charge in [-0.3, -0.25) is 0 Å². The number of ether oxygens (including phenoxy) is 1. The monoisotopic (exact) mass is 246 g/mol. The number of hydrogen-bond acceptors (Lipinski definition) is 3. The molecule has 16 heavy (non-hydrogen) atoms. The molecule has 0 heterocycles. The molecule has 88 valence electrons. The Morgan fingerprint density at radius 2 is 2.31 bits per heavy atom. The van der Waals surface area contributed by atoms with Gasteiger partial charge in [-0.1, -0.05) is 17.7 Å². The molecule has 3 nitrogen and oxygen atoms in total. The number of benzene rings is 1. The van der Waals surface area contributed by atoms with Crippen LogP contribution < -0.4 is 0 Å². The van der Waals surface area contributed by atoms with E-state index in [1.165, 1.54) is 12.1 Å². The molecule has 1 atom stereocenters. The predicted molar refractivity (Wildman–Crippen MR) is 57.8 cm³/mol. The summed E-state index contributed by atoms with van der Waals surface area (Å²) in [4.78, 5) is 11.1. The maximum absolute atomic E-state index is 13.3. The zero-order valence-corrected chi connectivity index (χ0v) is 9.50. The zero-order valence-electron chi connectivity index (χ0n) is 8.74. The summed E-state index contributed by atoms with van der Waals surface area (Å²) in [5.41, 5.74) is 0.227. The zero-order chi connectivity index (χ0) is 12.1. The van der Waals surface area contributed by atoms with E-state index in [0.717, 1.165) is 6.07 Å². The molecular weight excluding hydrogens is 235 g/mol. The van der Waals surface area contributed by atoms with Gasteiger partial charge in [-0.25, -0.2) is 9.18 Å². The maximum atomic E-state index is 13.3. The van der Waals surface area contributed by atoms with Gasteiger partial charge in [0.1, 0.15) is 5.82 Å². The highest BCUT2D eigenvalue weighted by molar-refractivity contribution is 6.30. The van der Waals surface area contributed by atoms with E-state index in [1.54, 1.807) is 6.92 Å². The van der Waals surface area contributed by atoms with Crippen LogP contribution in [0.5, 0.6) is 0 Å². The molecule has 0 aliphatic heterocycles. The van der Waals surface area contributed by atoms with E-state index >= 15 is 0 Å². The van der Waals surface area contributed by atoms with Crippen molar-refractivity contribution in [3.63, 3.8) is 0 Å². The average Bonchev–Trinajstić information content (AvgIpc) is 2.22. The summed E-state index contributed by atoms with van der Waals surface area (Å²) in [6.07, 6.45) is -1.47. The Balaban J connectivity index is 2.69. The Morgan fingerprint density at radius 1 is 1.62 bits per heavy atom. The number of aliphatic hydroxyl groups excluding tert-OH is 1. The number of halogens is 2. The molecule has 0 aromatic heterocycles. The number of carbonyl (C=O) groups excluding carboxylic acids is 1. The second-order valence-electron chi connectivity index (χ2n) is 3.21. The number of aliphatic hydroxyl groups is 1. The van der Waals surface area contributed by atoms with Crippen LogP contribution in [0.2, 0.25) is 5.02 Å². The van der Waals surface area contributed by atoms with Gasteiger partial charge in [0.05, 0.1) is 6.61 Å². The Labute approximate surface area is 97.8 Å². The van der Waals surface area contributed by atoms with Gasteiger partial charge in [-0.15, -0.1) is 0 Å². The van der Waals surface area contributed by atoms with Gasteiger partial charge in [0.25, 0.3) is 0 Å². The van der Waals surface area contributed by atoms with Crippen LogP contribution >= 0.6 is 11.6 Å². The number of hydrogen-bond donors (Lipinski definition) is 1. The van der Waals surface area contributed by atoms with Crippen LogP contribution in [0, 0.1) is 5.82 Å². The Morgan fingerprint density at radius 3 is 2.88 bits per heavy atom. The molecule has 1 N–H and O–H groups in total. The Hall–Kier alpha value is -1.13. The minimum atomic E-state index is -1.35. The van der Waals surface area contributed by atoms with E-state index in [0.29, 0.717) is 0 Å². The van der Waals surface area contributed by atoms with Crippen molar-refractivity contribution < 1.29 is 19.0 Å². The predicted octanol–water partition coefficient (Wildman–Crippen LogP) is 1.95. The Kier molecular flexibility index (Phi) is 4.71. The SMILES string of the molecule is CCOC(=O)C(O)Cc1ccc(Cl)cc1F. The fourth-order valence-electron chi connectivity index (χ4n) is 1.22. The maximum Gasteiger partial charge on any atom is 0.335 e. The lowest BCUT2D eigenvalue weighted by molar-refractivity contribution is -0.152. The van der Waals surface area contributed by atoms with Gasteiger partial charge in [0.15, 0.2) is 6.10 Å². The molecule has 0 fully saturated rings. The molecule has 1 unspecified atom stereocenters. The highest BCUT2D eigenvalue weighted by atomic mass is 35.5. The summed E-state index contributed by atoms with van der Waals surface area (Å²) < 4.78 is 17.9. The van der Waals surface area contributed by atoms with Crippen molar-refractivity contribution in [2.45, 2.75) is 19.4 Å². The van der Waals surface area contributed by atoms with E-state index in [1.807, 2.05) is 0 Å². The molecule has 1 aromatic rings. The van der Waals surface area contributed by atoms with Gasteiger partial charge in [0, 0.05) is 11.4 Å². The topological polar surface area (TPSA) is 46.5 Å². The van der Waals surface area contributed by atoms with Crippen molar-refractivity contribution in [2.24, 2.45) is 0 Å². The molecule has 0 radical (unpaired) electrons. The van der Waals surface area contributed by atoms with Gasteiger partial charge >= 0.3 is 5.97 Å². The van der Waals surface area contributed by atoms with E-state index in [2.05, 4.69) is 4.74 Å². The van der Waals surface area contributed by atoms with Crippen LogP contribution in [-0.4, -0.2) is 23.8 Å². The molecule has 1 aromatic carbocycles. The minimum Gasteiger partial charge on any atom is -0.464 e. The van der Waals surface area contributed by atoms with Crippen LogP contribution in [0.3, 0.4) is 0 Å². The van der Waals surface area contributed by atoms with Crippen molar-refractivity contribution in [1.82, 2.24) is 0 Å². The largest absolute Gasteiger partial charge is 0.464 e. The highest BCUT2D eigenvalue weighted by Crippen LogP contribution is 2.16. The summed E-state index contributed by atoms with van der Waals surface area (Å²) in [7, 11) is 0. The fraction of sp³-hybridized carbons (Fsp3) is 0.364. The molecule has 1 rings (SSSR count). The van der Waals surface area contributed by atoms with Crippen molar-refractivity contribution in [3.8, 4) is 0 Å². The first-order chi connectivity index (χ1) is 7.54. The summed E-state index contributed by atoms with van der Waals surface area (Å²) >= 11 is 5.57. The third-order valence-corrected chi connectivity index (χ3v) is 2.22. The number of rotatable bonds is 4. The molecule has 0 saturated carbocycles. The number of carbonyl (C=O) groups is 1. The third kappa shape index (κ3) is 3.47. The second kappa shape index (κ2) is 5.82. The van der Waals surface area contributed by atoms with E-state index in [4.69, 9.17) is 11.6 Å². The third-order valence-electron chi connectivity index (χ3n) is 1.99. The van der Waals surface area contributed by atoms with Crippen LogP contribution in [0.1, 0.15) is 12.5 Å². The lowest BCUT2D eigenvalue weighted by atomic mass is 10.1. The minimum absolute atomic E-state index is 0.123. The first-order valence-electron chi connectivity index (χ1n) is 4.83. The molecule has 0 amide bonds. The van der Waals surface area contributed by atoms with Gasteiger partial charge in [-0.05, 0) is 24.6 Å². The molecular formula is C11H12ClFO3. The van der Waals surface area contributed by atoms with Crippen LogP contribution in [0.15, 0.2) is 18.2 Å². The summed E-state index contributed by atoms with van der Waals surface area (Å²) in [6, 6.07) is 4.06. The van der Waals surface area contributed by atoms with E-state index in [9.17, 15) is 14.3 Å². The van der Waals surface area contributed by atoms with Gasteiger partial charge < -0.3 is 9.84 Å². The summed E-state index contributed by atoms with van der Waals surface area (Å²) in [5, 5.41) is 9.69. The van der Waals surface area contributed by atoms with Gasteiger partial charge in [-0.2, -0.15) is 0 Å². The van der Waals surface area contributed by atoms with Crippen LogP contribution in [0.25, 0.3) is 0 Å². The highest BCUT2D eigenvalue weighted by Gasteiger charge is 2.18. The average molecular weight is 247 g/mol. The molecule has 0 aliphatic carbocycles. The second-order valence-corrected chi connectivity index (χ2v) is 3.64. The molecule has 5 heteroatoms. The molecule has 0 saturated heterocycles. The van der Waals surface area contributed by atoms with Crippen molar-refractivity contribution in [1.29, 1.82) is 0 Å². The number of esters is 1. The molecule has 0 bridgehead atoms. The van der Waals surface area contributed by atoms with Crippen LogP contribution in [-0.2, 0) is 16.0 Å². The fourth-order valence-corrected chi connectivity index (χ4v) is 1.38. The standard InChI is InChI=1S/C11H12ClFO3/c1-2-16-11(15)10(14)5-7-3-4-8(12)6-9(7)13/h3-4,6,10,14H,2,5H2,1H3. The van der Waals surface area contributed by atoms with Crippen molar-refractivity contribution in [3.05, 3.63) is 34.6 Å². The smallest absolute Gasteiger partial charge is 0.335 e. The first-order valence-corrected chi connectivity index (χ1v) is 5.21. The van der Waals surface area contributed by atoms with Crippen molar-refractivity contribution >= 4 is 17.6 Å². The lowest BCUT2D eigenvalue weighted by Crippen LogP contribution is -2.25. The molecule has 0 aliphatic rings. The quantitative estimate of drug-likeness (QED) is 0.826. The van der Waals surface area contributed by atoms with Crippen LogP contribution in [0.4, 0.5) is 4.39 Å².